The average molecular weight is 541 g/mol. The second kappa shape index (κ2) is 11.9. The lowest BCUT2D eigenvalue weighted by Gasteiger charge is -2.26. The number of rotatable bonds is 10. The number of carbonyl (C=O) groups excluding carboxylic acids is 1. The van der Waals surface area contributed by atoms with Crippen molar-refractivity contribution in [1.29, 1.82) is 0 Å². The monoisotopic (exact) mass is 540 g/mol. The molecule has 0 heterocycles. The van der Waals surface area contributed by atoms with Crippen molar-refractivity contribution in [2.45, 2.75) is 50.0 Å². The number of carbonyl (C=O) groups is 1. The molecule has 4 rings (SSSR count). The Bertz CT molecular complexity index is 1390. The van der Waals surface area contributed by atoms with E-state index in [2.05, 4.69) is 17.4 Å². The van der Waals surface area contributed by atoms with E-state index in [1.807, 2.05) is 13.0 Å². The number of amides is 1. The van der Waals surface area contributed by atoms with E-state index in [0.717, 1.165) is 41.3 Å². The van der Waals surface area contributed by atoms with Crippen LogP contribution in [-0.4, -0.2) is 35.1 Å². The molecule has 0 saturated carbocycles. The van der Waals surface area contributed by atoms with E-state index in [0.29, 0.717) is 12.2 Å². The molecule has 0 unspecified atom stereocenters. The first-order chi connectivity index (χ1) is 18.3. The molecule has 0 saturated heterocycles. The molecule has 1 aliphatic rings. The topological polar surface area (TPSA) is 84.9 Å². The molecule has 202 valence electrons. The van der Waals surface area contributed by atoms with Crippen LogP contribution in [0, 0.1) is 5.82 Å². The summed E-state index contributed by atoms with van der Waals surface area (Å²) in [7, 11) is -1.36. The molecule has 38 heavy (non-hydrogen) atoms. The van der Waals surface area contributed by atoms with Crippen molar-refractivity contribution in [3.8, 4) is 11.5 Å². The number of fused-ring (bicyclic) bond motifs is 1. The molecule has 3 aromatic carbocycles. The number of anilines is 1. The molecule has 3 aromatic rings. The molecule has 1 N–H and O–H groups in total. The minimum absolute atomic E-state index is 0.0889. The van der Waals surface area contributed by atoms with E-state index in [1.165, 1.54) is 62.1 Å². The number of sulfonamides is 1. The largest absolute Gasteiger partial charge is 0.493 e. The first-order valence-electron chi connectivity index (χ1n) is 12.7. The molecule has 0 fully saturated rings. The van der Waals surface area contributed by atoms with Gasteiger partial charge in [0.2, 0.25) is 5.91 Å². The van der Waals surface area contributed by atoms with Gasteiger partial charge in [0, 0.05) is 6.07 Å². The van der Waals surface area contributed by atoms with Gasteiger partial charge in [0.25, 0.3) is 10.0 Å². The number of nitrogens with zero attached hydrogens (tertiary/aromatic N) is 1. The van der Waals surface area contributed by atoms with Gasteiger partial charge >= 0.3 is 0 Å². The van der Waals surface area contributed by atoms with Crippen molar-refractivity contribution in [2.24, 2.45) is 0 Å². The fraction of sp³-hybridized carbons (Fsp3) is 0.345. The SMILES string of the molecule is CC[C@H](NC(=O)CN(c1ccc(F)cc1)S(=O)(=O)c1ccc(OC)c(OC)c1)c1ccc2c(c1)CCCC2. The number of ether oxygens (including phenoxy) is 2. The zero-order valence-corrected chi connectivity index (χ0v) is 22.7. The van der Waals surface area contributed by atoms with Gasteiger partial charge < -0.3 is 14.8 Å². The van der Waals surface area contributed by atoms with E-state index >= 15 is 0 Å². The number of hydrogen-bond donors (Lipinski definition) is 1. The summed E-state index contributed by atoms with van der Waals surface area (Å²) in [5.41, 5.74) is 3.82. The summed E-state index contributed by atoms with van der Waals surface area (Å²) in [4.78, 5) is 13.2. The third kappa shape index (κ3) is 5.93. The fourth-order valence-electron chi connectivity index (χ4n) is 4.79. The van der Waals surface area contributed by atoms with Crippen LogP contribution >= 0.6 is 0 Å². The van der Waals surface area contributed by atoms with Crippen LogP contribution < -0.4 is 19.1 Å². The van der Waals surface area contributed by atoms with Crippen molar-refractivity contribution in [2.75, 3.05) is 25.1 Å². The van der Waals surface area contributed by atoms with Crippen LogP contribution in [0.25, 0.3) is 0 Å². The highest BCUT2D eigenvalue weighted by atomic mass is 32.2. The third-order valence-electron chi connectivity index (χ3n) is 6.86. The van der Waals surface area contributed by atoms with Crippen LogP contribution in [0.15, 0.2) is 65.6 Å². The lowest BCUT2D eigenvalue weighted by atomic mass is 9.89. The first kappa shape index (κ1) is 27.4. The quantitative estimate of drug-likeness (QED) is 0.383. The van der Waals surface area contributed by atoms with Gasteiger partial charge in [-0.05, 0) is 85.2 Å². The van der Waals surface area contributed by atoms with Gasteiger partial charge in [0.05, 0.1) is 30.8 Å². The molecule has 0 spiro atoms. The van der Waals surface area contributed by atoms with Gasteiger partial charge in [0.1, 0.15) is 12.4 Å². The Morgan fingerprint density at radius 1 is 0.947 bits per heavy atom. The predicted octanol–water partition coefficient (Wildman–Crippen LogP) is 5.18. The maximum absolute atomic E-state index is 13.8. The molecular formula is C29H33FN2O5S. The summed E-state index contributed by atoms with van der Waals surface area (Å²) >= 11 is 0. The van der Waals surface area contributed by atoms with Gasteiger partial charge in [-0.2, -0.15) is 0 Å². The zero-order valence-electron chi connectivity index (χ0n) is 21.9. The van der Waals surface area contributed by atoms with Gasteiger partial charge in [-0.1, -0.05) is 25.1 Å². The summed E-state index contributed by atoms with van der Waals surface area (Å²) in [6.45, 7) is 1.49. The van der Waals surface area contributed by atoms with Crippen molar-refractivity contribution in [3.05, 3.63) is 83.2 Å². The van der Waals surface area contributed by atoms with Crippen molar-refractivity contribution >= 4 is 21.6 Å². The van der Waals surface area contributed by atoms with E-state index in [1.54, 1.807) is 0 Å². The maximum atomic E-state index is 13.8. The predicted molar refractivity (Wildman–Crippen MR) is 145 cm³/mol. The second-order valence-corrected chi connectivity index (χ2v) is 11.1. The number of aryl methyl sites for hydroxylation is 2. The van der Waals surface area contributed by atoms with Crippen LogP contribution in [0.5, 0.6) is 11.5 Å². The zero-order chi connectivity index (χ0) is 27.3. The number of hydrogen-bond acceptors (Lipinski definition) is 5. The summed E-state index contributed by atoms with van der Waals surface area (Å²) in [5.74, 6) is -0.382. The molecule has 0 bridgehead atoms. The van der Waals surface area contributed by atoms with E-state index < -0.39 is 28.3 Å². The molecule has 9 heteroatoms. The highest BCUT2D eigenvalue weighted by Gasteiger charge is 2.29. The van der Waals surface area contributed by atoms with Gasteiger partial charge in [-0.25, -0.2) is 12.8 Å². The minimum Gasteiger partial charge on any atom is -0.493 e. The lowest BCUT2D eigenvalue weighted by molar-refractivity contribution is -0.120. The number of halogens is 1. The van der Waals surface area contributed by atoms with Crippen molar-refractivity contribution < 1.29 is 27.1 Å². The minimum atomic E-state index is -4.22. The Balaban J connectivity index is 1.62. The van der Waals surface area contributed by atoms with E-state index in [4.69, 9.17) is 9.47 Å². The third-order valence-corrected chi connectivity index (χ3v) is 8.63. The van der Waals surface area contributed by atoms with Gasteiger partial charge in [-0.3, -0.25) is 9.10 Å². The van der Waals surface area contributed by atoms with Gasteiger partial charge in [0.15, 0.2) is 11.5 Å². The van der Waals surface area contributed by atoms with E-state index in [9.17, 15) is 17.6 Å². The van der Waals surface area contributed by atoms with Crippen LogP contribution in [0.3, 0.4) is 0 Å². The summed E-state index contributed by atoms with van der Waals surface area (Å²) < 4.78 is 52.7. The molecule has 1 amide bonds. The molecule has 0 radical (unpaired) electrons. The average Bonchev–Trinajstić information content (AvgIpc) is 2.94. The molecule has 1 aliphatic carbocycles. The van der Waals surface area contributed by atoms with Crippen LogP contribution in [0.1, 0.15) is 48.9 Å². The molecule has 0 aliphatic heterocycles. The highest BCUT2D eigenvalue weighted by Crippen LogP contribution is 2.32. The summed E-state index contributed by atoms with van der Waals surface area (Å²) in [6, 6.07) is 15.2. The molecule has 0 aromatic heterocycles. The molecular weight excluding hydrogens is 507 g/mol. The Kier molecular flexibility index (Phi) is 8.56. The maximum Gasteiger partial charge on any atom is 0.264 e. The Morgan fingerprint density at radius 3 is 2.29 bits per heavy atom. The van der Waals surface area contributed by atoms with E-state index in [-0.39, 0.29) is 22.4 Å². The lowest BCUT2D eigenvalue weighted by Crippen LogP contribution is -2.42. The smallest absolute Gasteiger partial charge is 0.264 e. The Labute approximate surface area is 223 Å². The second-order valence-electron chi connectivity index (χ2n) is 9.27. The van der Waals surface area contributed by atoms with Crippen LogP contribution in [-0.2, 0) is 27.7 Å². The molecule has 1 atom stereocenters. The fourth-order valence-corrected chi connectivity index (χ4v) is 6.23. The van der Waals surface area contributed by atoms with Crippen molar-refractivity contribution in [3.63, 3.8) is 0 Å². The summed E-state index contributed by atoms with van der Waals surface area (Å²) in [5, 5.41) is 3.00. The Hall–Kier alpha value is -3.59. The number of nitrogens with one attached hydrogen (secondary N) is 1. The highest BCUT2D eigenvalue weighted by molar-refractivity contribution is 7.92. The summed E-state index contributed by atoms with van der Waals surface area (Å²) in [6.07, 6.45) is 5.08. The first-order valence-corrected chi connectivity index (χ1v) is 14.1. The van der Waals surface area contributed by atoms with Crippen LogP contribution in [0.2, 0.25) is 0 Å². The van der Waals surface area contributed by atoms with Crippen LogP contribution in [0.4, 0.5) is 10.1 Å². The number of methoxy groups -OCH3 is 2. The Morgan fingerprint density at radius 2 is 1.63 bits per heavy atom. The standard InChI is InChI=1S/C29H33FN2O5S/c1-4-26(22-10-9-20-7-5-6-8-21(20)17-22)31-29(33)19-32(24-13-11-23(30)12-14-24)38(34,35)25-15-16-27(36-2)28(18-25)37-3/h9-18,26H,4-8,19H2,1-3H3,(H,31,33)/t26-/m0/s1. The number of benzene rings is 3. The van der Waals surface area contributed by atoms with Gasteiger partial charge in [-0.15, -0.1) is 0 Å². The normalized spacial score (nSPS) is 13.8. The molecule has 7 nitrogen and oxygen atoms in total. The van der Waals surface area contributed by atoms with Crippen molar-refractivity contribution in [1.82, 2.24) is 5.32 Å².